The van der Waals surface area contributed by atoms with E-state index in [0.717, 1.165) is 44.4 Å². The zero-order chi connectivity index (χ0) is 16.0. The third-order valence-electron chi connectivity index (χ3n) is 5.91. The molecule has 0 unspecified atom stereocenters. The molecule has 0 saturated carbocycles. The first-order chi connectivity index (χ1) is 10.6. The number of hydrogen-bond donors (Lipinski definition) is 1. The standard InChI is InChI=1S/C10H21N.C8H14N2O/c1-4-11-7-5-10(6-8-11)9(2)3;11-7-10-5-8(6-10)1-3-9-4-2-8/h9-10H,4-8H2,1-3H3;7,9H,1-6H2. The maximum Gasteiger partial charge on any atom is 0.209 e. The van der Waals surface area contributed by atoms with E-state index >= 15 is 0 Å². The molecule has 1 spiro atoms. The van der Waals surface area contributed by atoms with Gasteiger partial charge in [0.2, 0.25) is 6.41 Å². The number of nitrogens with one attached hydrogen (secondary N) is 1. The Labute approximate surface area is 136 Å². The van der Waals surface area contributed by atoms with Crippen molar-refractivity contribution in [3.63, 3.8) is 0 Å². The normalized spacial score (nSPS) is 25.5. The Morgan fingerprint density at radius 2 is 1.77 bits per heavy atom. The number of amides is 1. The minimum absolute atomic E-state index is 0.506. The van der Waals surface area contributed by atoms with Crippen molar-refractivity contribution < 1.29 is 4.79 Å². The Morgan fingerprint density at radius 1 is 1.18 bits per heavy atom. The highest BCUT2D eigenvalue weighted by molar-refractivity contribution is 5.49. The molecule has 3 fully saturated rings. The van der Waals surface area contributed by atoms with Crippen LogP contribution in [-0.4, -0.2) is 62.0 Å². The molecule has 3 aliphatic rings. The summed E-state index contributed by atoms with van der Waals surface area (Å²) in [4.78, 5) is 14.7. The molecular formula is C18H35N3O. The van der Waals surface area contributed by atoms with Gasteiger partial charge in [0.25, 0.3) is 0 Å². The van der Waals surface area contributed by atoms with E-state index in [2.05, 4.69) is 31.0 Å². The molecule has 4 heteroatoms. The number of nitrogens with zero attached hydrogens (tertiary/aromatic N) is 2. The molecule has 4 nitrogen and oxygen atoms in total. The summed E-state index contributed by atoms with van der Waals surface area (Å²) in [5.74, 6) is 1.90. The van der Waals surface area contributed by atoms with Crippen LogP contribution in [0.15, 0.2) is 0 Å². The van der Waals surface area contributed by atoms with Crippen LogP contribution < -0.4 is 5.32 Å². The molecule has 0 radical (unpaired) electrons. The molecule has 128 valence electrons. The van der Waals surface area contributed by atoms with E-state index in [1.54, 1.807) is 0 Å². The molecule has 3 aliphatic heterocycles. The van der Waals surface area contributed by atoms with Gasteiger partial charge in [-0.25, -0.2) is 0 Å². The van der Waals surface area contributed by atoms with E-state index in [9.17, 15) is 4.79 Å². The Bertz CT molecular complexity index is 323. The van der Waals surface area contributed by atoms with Crippen molar-refractivity contribution in [2.45, 2.75) is 46.5 Å². The molecule has 1 amide bonds. The fraction of sp³-hybridized carbons (Fsp3) is 0.944. The molecule has 0 aromatic carbocycles. The highest BCUT2D eigenvalue weighted by atomic mass is 16.1. The van der Waals surface area contributed by atoms with Gasteiger partial charge in [-0.05, 0) is 70.2 Å². The van der Waals surface area contributed by atoms with Gasteiger partial charge in [0, 0.05) is 18.5 Å². The average molecular weight is 309 g/mol. The summed E-state index contributed by atoms with van der Waals surface area (Å²) in [6.07, 6.45) is 6.30. The van der Waals surface area contributed by atoms with Crippen LogP contribution in [-0.2, 0) is 4.79 Å². The molecule has 3 saturated heterocycles. The zero-order valence-electron chi connectivity index (χ0n) is 14.8. The second-order valence-corrected chi connectivity index (χ2v) is 7.78. The van der Waals surface area contributed by atoms with E-state index in [1.807, 2.05) is 4.90 Å². The fourth-order valence-electron chi connectivity index (χ4n) is 4.10. The second kappa shape index (κ2) is 8.30. The lowest BCUT2D eigenvalue weighted by atomic mass is 9.73. The lowest BCUT2D eigenvalue weighted by Crippen LogP contribution is -2.59. The van der Waals surface area contributed by atoms with Crippen LogP contribution in [0.2, 0.25) is 0 Å². The topological polar surface area (TPSA) is 35.6 Å². The molecule has 3 rings (SSSR count). The molecule has 1 N–H and O–H groups in total. The molecule has 3 heterocycles. The summed E-state index contributed by atoms with van der Waals surface area (Å²) < 4.78 is 0. The lowest BCUT2D eigenvalue weighted by Gasteiger charge is -2.50. The second-order valence-electron chi connectivity index (χ2n) is 7.78. The summed E-state index contributed by atoms with van der Waals surface area (Å²) in [5.41, 5.74) is 0.506. The maximum atomic E-state index is 10.3. The summed E-state index contributed by atoms with van der Waals surface area (Å²) >= 11 is 0. The van der Waals surface area contributed by atoms with Gasteiger partial charge in [-0.1, -0.05) is 20.8 Å². The molecule has 0 bridgehead atoms. The van der Waals surface area contributed by atoms with E-state index in [4.69, 9.17) is 0 Å². The van der Waals surface area contributed by atoms with Crippen molar-refractivity contribution in [2.24, 2.45) is 17.3 Å². The monoisotopic (exact) mass is 309 g/mol. The van der Waals surface area contributed by atoms with Crippen LogP contribution in [0.1, 0.15) is 46.5 Å². The fourth-order valence-corrected chi connectivity index (χ4v) is 4.10. The maximum absolute atomic E-state index is 10.3. The number of carbonyl (C=O) groups excluding carboxylic acids is 1. The van der Waals surface area contributed by atoms with Crippen LogP contribution in [0.5, 0.6) is 0 Å². The van der Waals surface area contributed by atoms with Gasteiger partial charge in [-0.3, -0.25) is 4.79 Å². The molecule has 0 aromatic heterocycles. The number of carbonyl (C=O) groups is 1. The predicted octanol–water partition coefficient (Wildman–Crippen LogP) is 2.20. The Balaban J connectivity index is 0.000000160. The minimum Gasteiger partial charge on any atom is -0.344 e. The average Bonchev–Trinajstić information content (AvgIpc) is 2.54. The van der Waals surface area contributed by atoms with Crippen molar-refractivity contribution in [2.75, 3.05) is 45.8 Å². The van der Waals surface area contributed by atoms with E-state index in [-0.39, 0.29) is 0 Å². The van der Waals surface area contributed by atoms with Crippen LogP contribution in [0.4, 0.5) is 0 Å². The predicted molar refractivity (Wildman–Crippen MR) is 91.8 cm³/mol. The van der Waals surface area contributed by atoms with Gasteiger partial charge in [0.05, 0.1) is 0 Å². The molecular weight excluding hydrogens is 274 g/mol. The first-order valence-corrected chi connectivity index (χ1v) is 9.21. The van der Waals surface area contributed by atoms with Crippen LogP contribution in [0.3, 0.4) is 0 Å². The number of hydrogen-bond acceptors (Lipinski definition) is 3. The Morgan fingerprint density at radius 3 is 2.23 bits per heavy atom. The first-order valence-electron chi connectivity index (χ1n) is 9.21. The van der Waals surface area contributed by atoms with Gasteiger partial charge >= 0.3 is 0 Å². The minimum atomic E-state index is 0.506. The highest BCUT2D eigenvalue weighted by Gasteiger charge is 2.42. The molecule has 0 atom stereocenters. The Hall–Kier alpha value is -0.610. The Kier molecular flexibility index (Phi) is 6.69. The van der Waals surface area contributed by atoms with Crippen LogP contribution in [0.25, 0.3) is 0 Å². The van der Waals surface area contributed by atoms with Crippen molar-refractivity contribution >= 4 is 6.41 Å². The number of rotatable bonds is 3. The van der Waals surface area contributed by atoms with Gasteiger partial charge in [-0.15, -0.1) is 0 Å². The van der Waals surface area contributed by atoms with Crippen LogP contribution >= 0.6 is 0 Å². The molecule has 0 aromatic rings. The summed E-state index contributed by atoms with van der Waals surface area (Å²) in [6.45, 7) is 15.1. The SMILES string of the molecule is CCN1CCC(C(C)C)CC1.O=CN1CC2(CCNCC2)C1. The summed E-state index contributed by atoms with van der Waals surface area (Å²) in [6, 6.07) is 0. The lowest BCUT2D eigenvalue weighted by molar-refractivity contribution is -0.131. The van der Waals surface area contributed by atoms with Crippen molar-refractivity contribution in [1.82, 2.24) is 15.1 Å². The van der Waals surface area contributed by atoms with Gasteiger partial charge in [0.15, 0.2) is 0 Å². The van der Waals surface area contributed by atoms with E-state index < -0.39 is 0 Å². The quantitative estimate of drug-likeness (QED) is 0.812. The highest BCUT2D eigenvalue weighted by Crippen LogP contribution is 2.37. The number of likely N-dealkylation sites (tertiary alicyclic amines) is 2. The van der Waals surface area contributed by atoms with Gasteiger partial charge in [0.1, 0.15) is 0 Å². The van der Waals surface area contributed by atoms with Crippen molar-refractivity contribution in [3.8, 4) is 0 Å². The van der Waals surface area contributed by atoms with Crippen LogP contribution in [0, 0.1) is 17.3 Å². The largest absolute Gasteiger partial charge is 0.344 e. The third-order valence-corrected chi connectivity index (χ3v) is 5.91. The first kappa shape index (κ1) is 17.7. The van der Waals surface area contributed by atoms with E-state index in [0.29, 0.717) is 5.41 Å². The van der Waals surface area contributed by atoms with Gasteiger partial charge in [-0.2, -0.15) is 0 Å². The van der Waals surface area contributed by atoms with Gasteiger partial charge < -0.3 is 15.1 Å². The van der Waals surface area contributed by atoms with Crippen molar-refractivity contribution in [1.29, 1.82) is 0 Å². The number of piperidine rings is 2. The summed E-state index contributed by atoms with van der Waals surface area (Å²) in [5, 5.41) is 3.33. The molecule has 0 aliphatic carbocycles. The molecule has 22 heavy (non-hydrogen) atoms. The van der Waals surface area contributed by atoms with E-state index in [1.165, 1.54) is 45.3 Å². The third kappa shape index (κ3) is 4.69. The van der Waals surface area contributed by atoms with Crippen molar-refractivity contribution in [3.05, 3.63) is 0 Å². The zero-order valence-corrected chi connectivity index (χ0v) is 14.8. The smallest absolute Gasteiger partial charge is 0.209 e. The summed E-state index contributed by atoms with van der Waals surface area (Å²) in [7, 11) is 0.